The van der Waals surface area contributed by atoms with Crippen LogP contribution in [0.2, 0.25) is 0 Å². The molecule has 0 aliphatic carbocycles. The summed E-state index contributed by atoms with van der Waals surface area (Å²) in [6.07, 6.45) is 24.7. The van der Waals surface area contributed by atoms with E-state index >= 15 is 0 Å². The van der Waals surface area contributed by atoms with Crippen molar-refractivity contribution in [1.29, 1.82) is 0 Å². The van der Waals surface area contributed by atoms with Crippen LogP contribution in [0.25, 0.3) is 0 Å². The standard InChI is InChI=1S/C28H50O3S/c1-3-5-7-9-11-13-15-17-19-21-26-23-24-28(32(29,30)31)27(25-26)22-20-18-16-14-12-10-8-6-4-2/h23-25H,3-22H2,1-2H3,(H,29,30,31). The first-order valence-corrected chi connectivity index (χ1v) is 15.0. The van der Waals surface area contributed by atoms with E-state index in [1.807, 2.05) is 12.1 Å². The minimum Gasteiger partial charge on any atom is -0.282 e. The molecule has 0 saturated heterocycles. The molecule has 0 saturated carbocycles. The molecule has 0 bridgehead atoms. The second-order valence-electron chi connectivity index (χ2n) is 9.57. The Labute approximate surface area is 199 Å². The topological polar surface area (TPSA) is 54.4 Å². The molecule has 1 aromatic carbocycles. The molecule has 0 aliphatic rings. The van der Waals surface area contributed by atoms with Gasteiger partial charge in [-0.2, -0.15) is 8.42 Å². The summed E-state index contributed by atoms with van der Waals surface area (Å²) in [5, 5.41) is 0. The van der Waals surface area contributed by atoms with Crippen LogP contribution in [0.1, 0.15) is 141 Å². The van der Waals surface area contributed by atoms with Gasteiger partial charge in [-0.3, -0.25) is 4.55 Å². The number of unbranched alkanes of at least 4 members (excludes halogenated alkanes) is 16. The Balaban J connectivity index is 2.36. The molecule has 0 aliphatic heterocycles. The van der Waals surface area contributed by atoms with Gasteiger partial charge >= 0.3 is 0 Å². The van der Waals surface area contributed by atoms with E-state index in [1.54, 1.807) is 6.07 Å². The molecule has 3 nitrogen and oxygen atoms in total. The third-order valence-electron chi connectivity index (χ3n) is 6.52. The quantitative estimate of drug-likeness (QED) is 0.145. The van der Waals surface area contributed by atoms with Crippen LogP contribution in [0, 0.1) is 0 Å². The van der Waals surface area contributed by atoms with Gasteiger partial charge < -0.3 is 0 Å². The number of benzene rings is 1. The number of hydrogen-bond donors (Lipinski definition) is 1. The number of rotatable bonds is 21. The van der Waals surface area contributed by atoms with Gasteiger partial charge in [-0.15, -0.1) is 0 Å². The van der Waals surface area contributed by atoms with Crippen LogP contribution in [-0.4, -0.2) is 13.0 Å². The van der Waals surface area contributed by atoms with Gasteiger partial charge in [-0.1, -0.05) is 129 Å². The average molecular weight is 467 g/mol. The van der Waals surface area contributed by atoms with E-state index in [4.69, 9.17) is 0 Å². The van der Waals surface area contributed by atoms with Gasteiger partial charge in [0, 0.05) is 0 Å². The predicted octanol–water partition coefficient (Wildman–Crippen LogP) is 9.08. The molecule has 1 aromatic rings. The van der Waals surface area contributed by atoms with Gasteiger partial charge in [0.1, 0.15) is 0 Å². The van der Waals surface area contributed by atoms with Gasteiger partial charge in [0.05, 0.1) is 4.90 Å². The fraction of sp³-hybridized carbons (Fsp3) is 0.786. The van der Waals surface area contributed by atoms with Gasteiger partial charge in [-0.05, 0) is 42.9 Å². The van der Waals surface area contributed by atoms with E-state index < -0.39 is 10.1 Å². The Kier molecular flexibility index (Phi) is 16.9. The van der Waals surface area contributed by atoms with E-state index in [9.17, 15) is 13.0 Å². The SMILES string of the molecule is CCCCCCCCCCCc1ccc(S(=O)(=O)O)c(CCCCCCCCCCC)c1. The Morgan fingerprint density at radius 1 is 0.594 bits per heavy atom. The van der Waals surface area contributed by atoms with Crippen LogP contribution >= 0.6 is 0 Å². The lowest BCUT2D eigenvalue weighted by atomic mass is 9.99. The van der Waals surface area contributed by atoms with Crippen molar-refractivity contribution in [2.75, 3.05) is 0 Å². The zero-order valence-corrected chi connectivity index (χ0v) is 21.9. The summed E-state index contributed by atoms with van der Waals surface area (Å²) >= 11 is 0. The van der Waals surface area contributed by atoms with Crippen LogP contribution < -0.4 is 0 Å². The van der Waals surface area contributed by atoms with Crippen LogP contribution in [-0.2, 0) is 23.0 Å². The van der Waals surface area contributed by atoms with Gasteiger partial charge in [-0.25, -0.2) is 0 Å². The molecule has 0 amide bonds. The lowest BCUT2D eigenvalue weighted by Gasteiger charge is -2.10. The normalized spacial score (nSPS) is 11.8. The van der Waals surface area contributed by atoms with E-state index in [0.717, 1.165) is 37.7 Å². The molecule has 0 radical (unpaired) electrons. The molecule has 4 heteroatoms. The molecule has 0 spiro atoms. The summed E-state index contributed by atoms with van der Waals surface area (Å²) in [5.74, 6) is 0. The molecule has 0 fully saturated rings. The third kappa shape index (κ3) is 14.3. The first-order chi connectivity index (χ1) is 15.5. The minimum absolute atomic E-state index is 0.105. The zero-order valence-electron chi connectivity index (χ0n) is 21.0. The lowest BCUT2D eigenvalue weighted by molar-refractivity contribution is 0.481. The first kappa shape index (κ1) is 29.2. The fourth-order valence-corrected chi connectivity index (χ4v) is 5.23. The maximum Gasteiger partial charge on any atom is 0.294 e. The van der Waals surface area contributed by atoms with Gasteiger partial charge in [0.2, 0.25) is 0 Å². The van der Waals surface area contributed by atoms with Crippen molar-refractivity contribution >= 4 is 10.1 Å². The smallest absolute Gasteiger partial charge is 0.282 e. The number of aryl methyl sites for hydroxylation is 2. The minimum atomic E-state index is -4.15. The van der Waals surface area contributed by atoms with Crippen molar-refractivity contribution in [1.82, 2.24) is 0 Å². The fourth-order valence-electron chi connectivity index (χ4n) is 4.50. The zero-order chi connectivity index (χ0) is 23.5. The summed E-state index contributed by atoms with van der Waals surface area (Å²) in [5.41, 5.74) is 2.00. The second kappa shape index (κ2) is 18.5. The first-order valence-electron chi connectivity index (χ1n) is 13.6. The largest absolute Gasteiger partial charge is 0.294 e. The highest BCUT2D eigenvalue weighted by Crippen LogP contribution is 2.22. The summed E-state index contributed by atoms with van der Waals surface area (Å²) < 4.78 is 33.2. The molecular formula is C28H50O3S. The highest BCUT2D eigenvalue weighted by molar-refractivity contribution is 7.85. The predicted molar refractivity (Wildman–Crippen MR) is 138 cm³/mol. The Morgan fingerprint density at radius 3 is 1.44 bits per heavy atom. The van der Waals surface area contributed by atoms with Crippen molar-refractivity contribution in [2.45, 2.75) is 147 Å². The van der Waals surface area contributed by atoms with Crippen molar-refractivity contribution in [3.8, 4) is 0 Å². The summed E-state index contributed by atoms with van der Waals surface area (Å²) in [6, 6.07) is 5.52. The third-order valence-corrected chi connectivity index (χ3v) is 7.48. The van der Waals surface area contributed by atoms with Gasteiger partial charge in [0.15, 0.2) is 0 Å². The molecule has 0 aromatic heterocycles. The Morgan fingerprint density at radius 2 is 1.00 bits per heavy atom. The van der Waals surface area contributed by atoms with Crippen molar-refractivity contribution in [3.63, 3.8) is 0 Å². The highest BCUT2D eigenvalue weighted by Gasteiger charge is 2.15. The summed E-state index contributed by atoms with van der Waals surface area (Å²) in [4.78, 5) is 0.105. The highest BCUT2D eigenvalue weighted by atomic mass is 32.2. The molecule has 1 N–H and O–H groups in total. The lowest BCUT2D eigenvalue weighted by Crippen LogP contribution is -2.04. The molecule has 1 rings (SSSR count). The van der Waals surface area contributed by atoms with Crippen molar-refractivity contribution in [2.24, 2.45) is 0 Å². The van der Waals surface area contributed by atoms with E-state index in [1.165, 1.54) is 102 Å². The molecule has 186 valence electrons. The van der Waals surface area contributed by atoms with Crippen molar-refractivity contribution in [3.05, 3.63) is 29.3 Å². The van der Waals surface area contributed by atoms with Crippen LogP contribution in [0.4, 0.5) is 0 Å². The van der Waals surface area contributed by atoms with E-state index in [0.29, 0.717) is 0 Å². The van der Waals surface area contributed by atoms with Crippen LogP contribution in [0.5, 0.6) is 0 Å². The maximum absolute atomic E-state index is 11.8. The van der Waals surface area contributed by atoms with E-state index in [2.05, 4.69) is 13.8 Å². The Hall–Kier alpha value is -0.870. The van der Waals surface area contributed by atoms with Crippen molar-refractivity contribution < 1.29 is 13.0 Å². The Bertz CT molecular complexity index is 682. The molecular weight excluding hydrogens is 416 g/mol. The summed E-state index contributed by atoms with van der Waals surface area (Å²) in [7, 11) is -4.15. The van der Waals surface area contributed by atoms with E-state index in [-0.39, 0.29) is 4.90 Å². The molecule has 0 heterocycles. The van der Waals surface area contributed by atoms with Crippen LogP contribution in [0.3, 0.4) is 0 Å². The van der Waals surface area contributed by atoms with Gasteiger partial charge in [0.25, 0.3) is 10.1 Å². The maximum atomic E-state index is 11.8. The average Bonchev–Trinajstić information content (AvgIpc) is 2.76. The number of hydrogen-bond acceptors (Lipinski definition) is 2. The molecule has 32 heavy (non-hydrogen) atoms. The second-order valence-corrected chi connectivity index (χ2v) is 11.0. The molecule has 0 unspecified atom stereocenters. The van der Waals surface area contributed by atoms with Crippen LogP contribution in [0.15, 0.2) is 23.1 Å². The molecule has 0 atom stereocenters. The summed E-state index contributed by atoms with van der Waals surface area (Å²) in [6.45, 7) is 4.50. The monoisotopic (exact) mass is 466 g/mol.